The van der Waals surface area contributed by atoms with E-state index in [2.05, 4.69) is 5.32 Å². The van der Waals surface area contributed by atoms with E-state index in [4.69, 9.17) is 9.88 Å². The van der Waals surface area contributed by atoms with Crippen LogP contribution in [0.4, 0.5) is 0 Å². The minimum absolute atomic E-state index is 0.0420. The van der Waals surface area contributed by atoms with Gasteiger partial charge in [0.2, 0.25) is 10.0 Å². The summed E-state index contributed by atoms with van der Waals surface area (Å²) in [5.74, 6) is 0.994. The average Bonchev–Trinajstić information content (AvgIpc) is 2.78. The van der Waals surface area contributed by atoms with Gasteiger partial charge in [-0.25, -0.2) is 13.6 Å². The maximum Gasteiger partial charge on any atom is 0.261 e. The monoisotopic (exact) mass is 310 g/mol. The molecule has 0 aromatic heterocycles. The minimum Gasteiger partial charge on any atom is -0.480 e. The number of nitrogens with one attached hydrogen (secondary N) is 1. The molecule has 1 amide bonds. The number of ether oxygens (including phenoxy) is 1. The van der Waals surface area contributed by atoms with E-state index in [1.54, 1.807) is 6.07 Å². The van der Waals surface area contributed by atoms with Crippen molar-refractivity contribution < 1.29 is 17.9 Å². The van der Waals surface area contributed by atoms with Gasteiger partial charge < -0.3 is 10.1 Å². The van der Waals surface area contributed by atoms with Crippen molar-refractivity contribution in [2.24, 2.45) is 11.1 Å². The topological polar surface area (TPSA) is 98.5 Å². The van der Waals surface area contributed by atoms with Crippen LogP contribution in [0, 0.1) is 5.92 Å². The maximum atomic E-state index is 12.1. The van der Waals surface area contributed by atoms with Crippen LogP contribution < -0.4 is 15.2 Å². The summed E-state index contributed by atoms with van der Waals surface area (Å²) in [6, 6.07) is 4.42. The lowest BCUT2D eigenvalue weighted by atomic mass is 9.85. The molecule has 1 aromatic carbocycles. The molecular formula is C14H18N2O4S. The molecule has 21 heavy (non-hydrogen) atoms. The summed E-state index contributed by atoms with van der Waals surface area (Å²) in [5.41, 5.74) is 0.699. The molecule has 1 fully saturated rings. The third-order valence-electron chi connectivity index (χ3n) is 4.12. The third kappa shape index (κ3) is 3.03. The van der Waals surface area contributed by atoms with Gasteiger partial charge in [-0.2, -0.15) is 0 Å². The summed E-state index contributed by atoms with van der Waals surface area (Å²) in [6.07, 6.45) is 3.36. The van der Waals surface area contributed by atoms with Gasteiger partial charge in [-0.3, -0.25) is 4.79 Å². The number of hydrogen-bond donors (Lipinski definition) is 2. The molecule has 0 saturated heterocycles. The molecule has 0 radical (unpaired) electrons. The quantitative estimate of drug-likeness (QED) is 0.848. The first kappa shape index (κ1) is 14.3. The molecule has 2 aliphatic rings. The summed E-state index contributed by atoms with van der Waals surface area (Å²) >= 11 is 0. The normalized spacial score (nSPS) is 21.3. The third-order valence-corrected chi connectivity index (χ3v) is 5.03. The van der Waals surface area contributed by atoms with Crippen LogP contribution in [-0.4, -0.2) is 27.0 Å². The van der Waals surface area contributed by atoms with Crippen LogP contribution in [0.15, 0.2) is 23.1 Å². The van der Waals surface area contributed by atoms with Crippen LogP contribution >= 0.6 is 0 Å². The van der Waals surface area contributed by atoms with Gasteiger partial charge in [0, 0.05) is 13.0 Å². The van der Waals surface area contributed by atoms with Gasteiger partial charge in [0.05, 0.1) is 4.90 Å². The van der Waals surface area contributed by atoms with E-state index in [1.165, 1.54) is 31.4 Å². The molecule has 7 heteroatoms. The minimum atomic E-state index is -3.74. The number of hydrogen-bond acceptors (Lipinski definition) is 4. The van der Waals surface area contributed by atoms with Crippen molar-refractivity contribution in [2.45, 2.75) is 36.7 Å². The Hall–Kier alpha value is -1.60. The van der Waals surface area contributed by atoms with Crippen LogP contribution in [0.2, 0.25) is 0 Å². The fraction of sp³-hybridized carbons (Fsp3) is 0.500. The zero-order valence-corrected chi connectivity index (χ0v) is 12.4. The Bertz CT molecular complexity index is 668. The molecule has 0 bridgehead atoms. The molecule has 0 spiro atoms. The van der Waals surface area contributed by atoms with Crippen molar-refractivity contribution >= 4 is 15.9 Å². The van der Waals surface area contributed by atoms with Gasteiger partial charge in [0.25, 0.3) is 5.91 Å². The van der Waals surface area contributed by atoms with E-state index >= 15 is 0 Å². The van der Waals surface area contributed by atoms with Crippen LogP contribution in [-0.2, 0) is 21.2 Å². The summed E-state index contributed by atoms with van der Waals surface area (Å²) < 4.78 is 28.2. The van der Waals surface area contributed by atoms with E-state index < -0.39 is 16.1 Å². The number of amides is 1. The van der Waals surface area contributed by atoms with Gasteiger partial charge >= 0.3 is 0 Å². The van der Waals surface area contributed by atoms with Crippen LogP contribution in [0.1, 0.15) is 24.8 Å². The molecule has 3 N–H and O–H groups in total. The van der Waals surface area contributed by atoms with Crippen molar-refractivity contribution in [3.05, 3.63) is 23.8 Å². The summed E-state index contributed by atoms with van der Waals surface area (Å²) in [5, 5.41) is 8.00. The van der Waals surface area contributed by atoms with Gasteiger partial charge in [-0.15, -0.1) is 0 Å². The maximum absolute atomic E-state index is 12.1. The number of rotatable bonds is 4. The van der Waals surface area contributed by atoms with Gasteiger partial charge in [-0.1, -0.05) is 6.42 Å². The lowest BCUT2D eigenvalue weighted by molar-refractivity contribution is -0.127. The van der Waals surface area contributed by atoms with E-state index in [0.717, 1.165) is 0 Å². The Morgan fingerprint density at radius 3 is 2.76 bits per heavy atom. The highest BCUT2D eigenvalue weighted by molar-refractivity contribution is 7.89. The van der Waals surface area contributed by atoms with Gasteiger partial charge in [0.1, 0.15) is 5.75 Å². The molecule has 1 unspecified atom stereocenters. The highest BCUT2D eigenvalue weighted by atomic mass is 32.2. The highest BCUT2D eigenvalue weighted by Gasteiger charge is 2.30. The largest absolute Gasteiger partial charge is 0.480 e. The molecule has 6 nitrogen and oxygen atoms in total. The molecule has 1 heterocycles. The molecule has 1 saturated carbocycles. The number of carbonyl (C=O) groups is 1. The Morgan fingerprint density at radius 2 is 2.14 bits per heavy atom. The number of carbonyl (C=O) groups excluding carboxylic acids is 1. The molecular weight excluding hydrogens is 292 g/mol. The molecule has 1 aliphatic heterocycles. The van der Waals surface area contributed by atoms with Gasteiger partial charge in [-0.05, 0) is 42.5 Å². The SMILES string of the molecule is NS(=O)(=O)c1ccc2c(c1)CC(C(=O)NCC1CCC1)O2. The number of nitrogens with two attached hydrogens (primary N) is 1. The van der Waals surface area contributed by atoms with Crippen LogP contribution in [0.5, 0.6) is 5.75 Å². The lowest BCUT2D eigenvalue weighted by Gasteiger charge is -2.25. The first-order chi connectivity index (χ1) is 9.93. The molecule has 1 aliphatic carbocycles. The molecule has 114 valence electrons. The number of sulfonamides is 1. The Balaban J connectivity index is 1.65. The summed E-state index contributed by atoms with van der Waals surface area (Å²) in [4.78, 5) is 12.1. The second kappa shape index (κ2) is 5.31. The summed E-state index contributed by atoms with van der Waals surface area (Å²) in [7, 11) is -3.74. The number of benzene rings is 1. The van der Waals surface area contributed by atoms with E-state index in [9.17, 15) is 13.2 Å². The van der Waals surface area contributed by atoms with Crippen molar-refractivity contribution in [2.75, 3.05) is 6.54 Å². The summed E-state index contributed by atoms with van der Waals surface area (Å²) in [6.45, 7) is 0.692. The standard InChI is InChI=1S/C14H18N2O4S/c15-21(18,19)11-4-5-12-10(6-11)7-13(20-12)14(17)16-8-9-2-1-3-9/h4-6,9,13H,1-3,7-8H2,(H,16,17)(H2,15,18,19). The fourth-order valence-electron chi connectivity index (χ4n) is 2.60. The Kier molecular flexibility index (Phi) is 3.62. The Morgan fingerprint density at radius 1 is 1.38 bits per heavy atom. The van der Waals surface area contributed by atoms with Crippen molar-refractivity contribution in [3.63, 3.8) is 0 Å². The molecule has 1 aromatic rings. The van der Waals surface area contributed by atoms with Crippen molar-refractivity contribution in [1.29, 1.82) is 0 Å². The molecule has 3 rings (SSSR count). The number of primary sulfonamides is 1. The van der Waals surface area contributed by atoms with Crippen molar-refractivity contribution in [1.82, 2.24) is 5.32 Å². The van der Waals surface area contributed by atoms with E-state index in [1.807, 2.05) is 0 Å². The Labute approximate surface area is 123 Å². The number of fused-ring (bicyclic) bond motifs is 1. The van der Waals surface area contributed by atoms with Crippen molar-refractivity contribution in [3.8, 4) is 5.75 Å². The first-order valence-electron chi connectivity index (χ1n) is 7.03. The van der Waals surface area contributed by atoms with Crippen LogP contribution in [0.25, 0.3) is 0 Å². The smallest absolute Gasteiger partial charge is 0.261 e. The zero-order chi connectivity index (χ0) is 15.0. The average molecular weight is 310 g/mol. The zero-order valence-electron chi connectivity index (χ0n) is 11.5. The second-order valence-corrected chi connectivity index (χ2v) is 7.23. The predicted molar refractivity (Wildman–Crippen MR) is 76.3 cm³/mol. The van der Waals surface area contributed by atoms with E-state index in [-0.39, 0.29) is 10.8 Å². The van der Waals surface area contributed by atoms with Crippen LogP contribution in [0.3, 0.4) is 0 Å². The van der Waals surface area contributed by atoms with E-state index in [0.29, 0.717) is 30.2 Å². The predicted octanol–water partition coefficient (Wildman–Crippen LogP) is 0.554. The lowest BCUT2D eigenvalue weighted by Crippen LogP contribution is -2.40. The highest BCUT2D eigenvalue weighted by Crippen LogP contribution is 2.31. The first-order valence-corrected chi connectivity index (χ1v) is 8.58. The second-order valence-electron chi connectivity index (χ2n) is 5.67. The molecule has 1 atom stereocenters. The van der Waals surface area contributed by atoms with Gasteiger partial charge in [0.15, 0.2) is 6.10 Å². The fourth-order valence-corrected chi connectivity index (χ4v) is 3.17.